The summed E-state index contributed by atoms with van der Waals surface area (Å²) in [6.45, 7) is 0. The molecular formula is C26H26O4S. The predicted molar refractivity (Wildman–Crippen MR) is 124 cm³/mol. The summed E-state index contributed by atoms with van der Waals surface area (Å²) in [5.41, 5.74) is 2.42. The minimum absolute atomic E-state index is 0.0370. The average Bonchev–Trinajstić information content (AvgIpc) is 3.37. The van der Waals surface area contributed by atoms with Gasteiger partial charge in [0.25, 0.3) is 0 Å². The van der Waals surface area contributed by atoms with E-state index >= 15 is 0 Å². The number of hydrogen-bond donors (Lipinski definition) is 2. The maximum atomic E-state index is 12.4. The number of aliphatic hydroxyl groups is 1. The van der Waals surface area contributed by atoms with Gasteiger partial charge in [-0.1, -0.05) is 36.4 Å². The van der Waals surface area contributed by atoms with Crippen molar-refractivity contribution in [1.82, 2.24) is 0 Å². The van der Waals surface area contributed by atoms with Gasteiger partial charge in [-0.25, -0.2) is 4.79 Å². The molecule has 0 aliphatic heterocycles. The molecule has 3 aromatic rings. The number of carboxylic acids is 1. The summed E-state index contributed by atoms with van der Waals surface area (Å²) in [6, 6.07) is 15.2. The Labute approximate surface area is 185 Å². The molecule has 0 spiro atoms. The first-order chi connectivity index (χ1) is 15.0. The van der Waals surface area contributed by atoms with Crippen molar-refractivity contribution in [3.63, 3.8) is 0 Å². The molecule has 0 bridgehead atoms. The SMILES string of the molecule is O=C(O)c1ccc(CCC2C(=O)CCC2C=CC(O)Cc2ccc3ccsc3c2)cc1. The summed E-state index contributed by atoms with van der Waals surface area (Å²) < 4.78 is 1.23. The molecule has 1 saturated carbocycles. The molecular weight excluding hydrogens is 408 g/mol. The summed E-state index contributed by atoms with van der Waals surface area (Å²) in [6.07, 6.45) is 6.75. The second-order valence-corrected chi connectivity index (χ2v) is 9.21. The van der Waals surface area contributed by atoms with Crippen LogP contribution >= 0.6 is 11.3 Å². The van der Waals surface area contributed by atoms with Crippen LogP contribution in [0.3, 0.4) is 0 Å². The third-order valence-corrected chi connectivity index (χ3v) is 7.02. The molecule has 5 heteroatoms. The Morgan fingerprint density at radius 3 is 2.68 bits per heavy atom. The number of carboxylic acid groups (broad SMARTS) is 1. The van der Waals surface area contributed by atoms with Gasteiger partial charge in [-0.2, -0.15) is 0 Å². The smallest absolute Gasteiger partial charge is 0.335 e. The molecule has 1 aromatic heterocycles. The molecule has 160 valence electrons. The molecule has 3 atom stereocenters. The van der Waals surface area contributed by atoms with Gasteiger partial charge in [0.2, 0.25) is 0 Å². The highest BCUT2D eigenvalue weighted by molar-refractivity contribution is 7.17. The fourth-order valence-corrected chi connectivity index (χ4v) is 5.24. The van der Waals surface area contributed by atoms with E-state index in [0.29, 0.717) is 12.8 Å². The molecule has 1 aliphatic carbocycles. The van der Waals surface area contributed by atoms with E-state index in [1.54, 1.807) is 23.5 Å². The largest absolute Gasteiger partial charge is 0.478 e. The Morgan fingerprint density at radius 2 is 1.90 bits per heavy atom. The van der Waals surface area contributed by atoms with Crippen LogP contribution in [0.5, 0.6) is 0 Å². The zero-order valence-corrected chi connectivity index (χ0v) is 18.1. The first kappa shape index (κ1) is 21.5. The predicted octanol–water partition coefficient (Wildman–Crippen LogP) is 5.29. The van der Waals surface area contributed by atoms with E-state index < -0.39 is 12.1 Å². The van der Waals surface area contributed by atoms with Crippen molar-refractivity contribution in [2.45, 2.75) is 38.2 Å². The highest BCUT2D eigenvalue weighted by Crippen LogP contribution is 2.33. The number of thiophene rings is 1. The van der Waals surface area contributed by atoms with Crippen molar-refractivity contribution in [3.8, 4) is 0 Å². The highest BCUT2D eigenvalue weighted by Gasteiger charge is 2.32. The number of Topliss-reactive ketones (excluding diaryl/α,β-unsaturated/α-hetero) is 1. The number of aliphatic hydroxyl groups excluding tert-OH is 1. The van der Waals surface area contributed by atoms with E-state index in [1.165, 1.54) is 10.1 Å². The molecule has 0 amide bonds. The second-order valence-electron chi connectivity index (χ2n) is 8.27. The van der Waals surface area contributed by atoms with Crippen LogP contribution in [0.4, 0.5) is 0 Å². The van der Waals surface area contributed by atoms with Crippen LogP contribution < -0.4 is 0 Å². The summed E-state index contributed by atoms with van der Waals surface area (Å²) in [5.74, 6) is -0.531. The van der Waals surface area contributed by atoms with Crippen molar-refractivity contribution < 1.29 is 19.8 Å². The molecule has 2 aromatic carbocycles. The molecule has 31 heavy (non-hydrogen) atoms. The fraction of sp³-hybridized carbons (Fsp3) is 0.308. The minimum atomic E-state index is -0.934. The van der Waals surface area contributed by atoms with Crippen LogP contribution in [0, 0.1) is 11.8 Å². The Morgan fingerprint density at radius 1 is 1.13 bits per heavy atom. The zero-order chi connectivity index (χ0) is 21.8. The number of aryl methyl sites for hydroxylation is 1. The number of ketones is 1. The lowest BCUT2D eigenvalue weighted by atomic mass is 9.88. The van der Waals surface area contributed by atoms with Gasteiger partial charge >= 0.3 is 5.97 Å². The van der Waals surface area contributed by atoms with E-state index in [9.17, 15) is 14.7 Å². The van der Waals surface area contributed by atoms with Crippen molar-refractivity contribution in [1.29, 1.82) is 0 Å². The van der Waals surface area contributed by atoms with E-state index in [2.05, 4.69) is 29.6 Å². The third kappa shape index (κ3) is 5.30. The van der Waals surface area contributed by atoms with Gasteiger partial charge in [-0.3, -0.25) is 4.79 Å². The van der Waals surface area contributed by atoms with Crippen LogP contribution in [0.2, 0.25) is 0 Å². The zero-order valence-electron chi connectivity index (χ0n) is 17.2. The Hall–Kier alpha value is -2.76. The number of rotatable bonds is 8. The molecule has 3 unspecified atom stereocenters. The number of allylic oxidation sites excluding steroid dienone is 1. The monoisotopic (exact) mass is 434 g/mol. The van der Waals surface area contributed by atoms with E-state index in [0.717, 1.165) is 30.4 Å². The minimum Gasteiger partial charge on any atom is -0.478 e. The maximum Gasteiger partial charge on any atom is 0.335 e. The molecule has 1 fully saturated rings. The first-order valence-corrected chi connectivity index (χ1v) is 11.5. The summed E-state index contributed by atoms with van der Waals surface area (Å²) >= 11 is 1.70. The average molecular weight is 435 g/mol. The van der Waals surface area contributed by atoms with Gasteiger partial charge in [0, 0.05) is 23.5 Å². The van der Waals surface area contributed by atoms with Gasteiger partial charge in [-0.15, -0.1) is 11.3 Å². The topological polar surface area (TPSA) is 74.6 Å². The number of carbonyl (C=O) groups is 2. The number of aromatic carboxylic acids is 1. The third-order valence-electron chi connectivity index (χ3n) is 6.15. The van der Waals surface area contributed by atoms with Crippen molar-refractivity contribution in [2.24, 2.45) is 11.8 Å². The van der Waals surface area contributed by atoms with E-state index in [-0.39, 0.29) is 23.2 Å². The normalized spacial score (nSPS) is 20.0. The fourth-order valence-electron chi connectivity index (χ4n) is 4.38. The van der Waals surface area contributed by atoms with Gasteiger partial charge in [-0.05, 0) is 71.3 Å². The van der Waals surface area contributed by atoms with Crippen LogP contribution in [-0.2, 0) is 17.6 Å². The molecule has 0 radical (unpaired) electrons. The standard InChI is InChI=1S/C26H26O4S/c27-22(15-18-3-5-20-13-14-31-25(20)16-18)10-8-19-9-12-24(28)23(19)11-4-17-1-6-21(7-2-17)26(29)30/h1-3,5-8,10,13-14,16,19,22-23,27H,4,9,11-12,15H2,(H,29,30). The lowest BCUT2D eigenvalue weighted by Crippen LogP contribution is -2.15. The molecule has 0 saturated heterocycles. The van der Waals surface area contributed by atoms with Crippen molar-refractivity contribution in [2.75, 3.05) is 0 Å². The second kappa shape index (κ2) is 9.58. The van der Waals surface area contributed by atoms with E-state index in [1.807, 2.05) is 24.3 Å². The number of benzene rings is 2. The molecule has 1 aliphatic rings. The molecule has 2 N–H and O–H groups in total. The summed E-state index contributed by atoms with van der Waals surface area (Å²) in [7, 11) is 0. The highest BCUT2D eigenvalue weighted by atomic mass is 32.1. The Bertz CT molecular complexity index is 1100. The quantitative estimate of drug-likeness (QED) is 0.473. The summed E-state index contributed by atoms with van der Waals surface area (Å²) in [4.78, 5) is 23.4. The lowest BCUT2D eigenvalue weighted by molar-refractivity contribution is -0.121. The molecule has 1 heterocycles. The number of hydrogen-bond acceptors (Lipinski definition) is 4. The van der Waals surface area contributed by atoms with Gasteiger partial charge in [0.15, 0.2) is 0 Å². The van der Waals surface area contributed by atoms with Crippen molar-refractivity contribution in [3.05, 3.63) is 82.8 Å². The van der Waals surface area contributed by atoms with Crippen molar-refractivity contribution >= 4 is 33.2 Å². The lowest BCUT2D eigenvalue weighted by Gasteiger charge is -2.16. The van der Waals surface area contributed by atoms with Gasteiger partial charge in [0.1, 0.15) is 5.78 Å². The maximum absolute atomic E-state index is 12.4. The summed E-state index contributed by atoms with van der Waals surface area (Å²) in [5, 5.41) is 22.8. The number of carbonyl (C=O) groups excluding carboxylic acids is 1. The first-order valence-electron chi connectivity index (χ1n) is 10.7. The van der Waals surface area contributed by atoms with Crippen LogP contribution in [0.1, 0.15) is 40.7 Å². The Kier molecular flexibility index (Phi) is 6.64. The number of fused-ring (bicyclic) bond motifs is 1. The van der Waals surface area contributed by atoms with Gasteiger partial charge in [0.05, 0.1) is 11.7 Å². The van der Waals surface area contributed by atoms with Gasteiger partial charge < -0.3 is 10.2 Å². The van der Waals surface area contributed by atoms with Crippen LogP contribution in [-0.4, -0.2) is 28.1 Å². The molecule has 4 rings (SSSR count). The van der Waals surface area contributed by atoms with E-state index in [4.69, 9.17) is 5.11 Å². The van der Waals surface area contributed by atoms with Crippen LogP contribution in [0.25, 0.3) is 10.1 Å². The molecule has 4 nitrogen and oxygen atoms in total. The van der Waals surface area contributed by atoms with Crippen LogP contribution in [0.15, 0.2) is 66.1 Å². The Balaban J connectivity index is 1.34.